The fourth-order valence-corrected chi connectivity index (χ4v) is 4.40. The third-order valence-electron chi connectivity index (χ3n) is 5.84. The molecule has 1 saturated carbocycles. The Kier molecular flexibility index (Phi) is 3.89. The standard InChI is InChI=1S/C16H28O3/c1-15(17,14-5-9-18-12-14)13-6-10-19-16(11-13)7-3-2-4-8-16/h13-14,17H,2-12H2,1H3. The highest BCUT2D eigenvalue weighted by atomic mass is 16.5. The predicted octanol–water partition coefficient (Wildman–Crippen LogP) is 2.90. The normalized spacial score (nSPS) is 38.2. The van der Waals surface area contributed by atoms with Crippen molar-refractivity contribution in [2.24, 2.45) is 11.8 Å². The van der Waals surface area contributed by atoms with Gasteiger partial charge in [-0.2, -0.15) is 0 Å². The van der Waals surface area contributed by atoms with Crippen LogP contribution in [-0.2, 0) is 9.47 Å². The molecule has 2 aliphatic heterocycles. The molecule has 0 aromatic heterocycles. The molecule has 0 aromatic carbocycles. The smallest absolute Gasteiger partial charge is 0.0700 e. The van der Waals surface area contributed by atoms with Crippen LogP contribution < -0.4 is 0 Å². The summed E-state index contributed by atoms with van der Waals surface area (Å²) in [7, 11) is 0. The van der Waals surface area contributed by atoms with Crippen molar-refractivity contribution in [1.82, 2.24) is 0 Å². The van der Waals surface area contributed by atoms with E-state index in [2.05, 4.69) is 0 Å². The van der Waals surface area contributed by atoms with Gasteiger partial charge in [-0.05, 0) is 44.9 Å². The molecule has 2 saturated heterocycles. The van der Waals surface area contributed by atoms with E-state index >= 15 is 0 Å². The lowest BCUT2D eigenvalue weighted by Gasteiger charge is -2.48. The number of ether oxygens (including phenoxy) is 2. The van der Waals surface area contributed by atoms with Crippen molar-refractivity contribution in [2.45, 2.75) is 69.5 Å². The van der Waals surface area contributed by atoms with E-state index in [0.29, 0.717) is 11.8 Å². The summed E-state index contributed by atoms with van der Waals surface area (Å²) in [6.07, 6.45) is 9.39. The fourth-order valence-electron chi connectivity index (χ4n) is 4.40. The topological polar surface area (TPSA) is 38.7 Å². The Balaban J connectivity index is 1.69. The van der Waals surface area contributed by atoms with Gasteiger partial charge >= 0.3 is 0 Å². The van der Waals surface area contributed by atoms with Crippen molar-refractivity contribution in [1.29, 1.82) is 0 Å². The Morgan fingerprint density at radius 3 is 2.47 bits per heavy atom. The van der Waals surface area contributed by atoms with Gasteiger partial charge in [0, 0.05) is 19.1 Å². The van der Waals surface area contributed by atoms with Gasteiger partial charge in [0.15, 0.2) is 0 Å². The maximum atomic E-state index is 11.0. The molecule has 0 aromatic rings. The van der Waals surface area contributed by atoms with E-state index in [-0.39, 0.29) is 5.60 Å². The second-order valence-corrected chi connectivity index (χ2v) is 7.07. The highest BCUT2D eigenvalue weighted by molar-refractivity contribution is 4.98. The molecule has 1 N–H and O–H groups in total. The zero-order valence-electron chi connectivity index (χ0n) is 12.2. The van der Waals surface area contributed by atoms with Crippen LogP contribution in [0.2, 0.25) is 0 Å². The first kappa shape index (κ1) is 13.8. The van der Waals surface area contributed by atoms with Crippen molar-refractivity contribution in [3.05, 3.63) is 0 Å². The highest BCUT2D eigenvalue weighted by Crippen LogP contribution is 2.46. The molecular weight excluding hydrogens is 240 g/mol. The summed E-state index contributed by atoms with van der Waals surface area (Å²) >= 11 is 0. The maximum Gasteiger partial charge on any atom is 0.0700 e. The lowest BCUT2D eigenvalue weighted by molar-refractivity contribution is -0.164. The van der Waals surface area contributed by atoms with Gasteiger partial charge in [-0.25, -0.2) is 0 Å². The van der Waals surface area contributed by atoms with E-state index in [9.17, 15) is 5.11 Å². The van der Waals surface area contributed by atoms with Gasteiger partial charge in [-0.1, -0.05) is 19.3 Å². The summed E-state index contributed by atoms with van der Waals surface area (Å²) < 4.78 is 11.6. The minimum absolute atomic E-state index is 0.0879. The molecule has 3 atom stereocenters. The Bertz CT molecular complexity index is 296. The van der Waals surface area contributed by atoms with Gasteiger partial charge < -0.3 is 14.6 Å². The van der Waals surface area contributed by atoms with Crippen molar-refractivity contribution in [3.63, 3.8) is 0 Å². The van der Waals surface area contributed by atoms with Crippen LogP contribution in [-0.4, -0.2) is 36.1 Å². The van der Waals surface area contributed by atoms with Gasteiger partial charge in [0.05, 0.1) is 17.8 Å². The molecule has 2 heterocycles. The SMILES string of the molecule is CC(O)(C1CCOC1)C1CCOC2(CCCCC2)C1. The third-order valence-corrected chi connectivity index (χ3v) is 5.84. The fraction of sp³-hybridized carbons (Fsp3) is 1.00. The van der Waals surface area contributed by atoms with Crippen LogP contribution in [0.3, 0.4) is 0 Å². The summed E-state index contributed by atoms with van der Waals surface area (Å²) in [6, 6.07) is 0. The quantitative estimate of drug-likeness (QED) is 0.837. The summed E-state index contributed by atoms with van der Waals surface area (Å²) in [4.78, 5) is 0. The molecule has 3 aliphatic rings. The highest BCUT2D eigenvalue weighted by Gasteiger charge is 2.48. The first-order chi connectivity index (χ1) is 9.12. The molecular formula is C16H28O3. The second-order valence-electron chi connectivity index (χ2n) is 7.07. The van der Waals surface area contributed by atoms with Crippen molar-refractivity contribution in [2.75, 3.05) is 19.8 Å². The molecule has 3 nitrogen and oxygen atoms in total. The van der Waals surface area contributed by atoms with Gasteiger partial charge in [-0.3, -0.25) is 0 Å². The van der Waals surface area contributed by atoms with Crippen LogP contribution in [0.15, 0.2) is 0 Å². The predicted molar refractivity (Wildman–Crippen MR) is 74.0 cm³/mol. The van der Waals surface area contributed by atoms with Crippen LogP contribution >= 0.6 is 0 Å². The van der Waals surface area contributed by atoms with Gasteiger partial charge in [0.2, 0.25) is 0 Å². The first-order valence-corrected chi connectivity index (χ1v) is 8.06. The number of hydrogen-bond acceptors (Lipinski definition) is 3. The molecule has 3 heteroatoms. The molecule has 110 valence electrons. The molecule has 3 fully saturated rings. The van der Waals surface area contributed by atoms with Gasteiger partial charge in [0.25, 0.3) is 0 Å². The first-order valence-electron chi connectivity index (χ1n) is 8.06. The molecule has 1 spiro atoms. The molecule has 0 bridgehead atoms. The zero-order chi connectivity index (χ0) is 13.3. The average Bonchev–Trinajstić information content (AvgIpc) is 2.94. The molecule has 3 unspecified atom stereocenters. The molecule has 0 amide bonds. The van der Waals surface area contributed by atoms with E-state index in [4.69, 9.17) is 9.47 Å². The minimum Gasteiger partial charge on any atom is -0.390 e. The van der Waals surface area contributed by atoms with Crippen LogP contribution in [0.5, 0.6) is 0 Å². The van der Waals surface area contributed by atoms with Crippen LogP contribution in [0.4, 0.5) is 0 Å². The molecule has 3 rings (SSSR count). The molecule has 19 heavy (non-hydrogen) atoms. The van der Waals surface area contributed by atoms with Gasteiger partial charge in [0.1, 0.15) is 0 Å². The largest absolute Gasteiger partial charge is 0.390 e. The van der Waals surface area contributed by atoms with Crippen molar-refractivity contribution in [3.8, 4) is 0 Å². The minimum atomic E-state index is -0.579. The number of hydrogen-bond donors (Lipinski definition) is 1. The second kappa shape index (κ2) is 5.34. The lowest BCUT2D eigenvalue weighted by Crippen LogP contribution is -2.51. The Morgan fingerprint density at radius 2 is 1.79 bits per heavy atom. The Labute approximate surface area is 116 Å². The molecule has 1 aliphatic carbocycles. The third kappa shape index (κ3) is 2.70. The number of rotatable bonds is 2. The summed E-state index contributed by atoms with van der Waals surface area (Å²) in [6.45, 7) is 4.42. The average molecular weight is 268 g/mol. The van der Waals surface area contributed by atoms with Crippen LogP contribution in [0.1, 0.15) is 58.3 Å². The van der Waals surface area contributed by atoms with E-state index < -0.39 is 5.60 Å². The van der Waals surface area contributed by atoms with Gasteiger partial charge in [-0.15, -0.1) is 0 Å². The van der Waals surface area contributed by atoms with Crippen LogP contribution in [0.25, 0.3) is 0 Å². The molecule has 0 radical (unpaired) electrons. The Hall–Kier alpha value is -0.120. The summed E-state index contributed by atoms with van der Waals surface area (Å²) in [5.74, 6) is 0.697. The lowest BCUT2D eigenvalue weighted by atomic mass is 9.67. The van der Waals surface area contributed by atoms with Crippen LogP contribution in [0, 0.1) is 11.8 Å². The van der Waals surface area contributed by atoms with Crippen molar-refractivity contribution < 1.29 is 14.6 Å². The summed E-state index contributed by atoms with van der Waals surface area (Å²) in [5.41, 5.74) is -0.491. The monoisotopic (exact) mass is 268 g/mol. The van der Waals surface area contributed by atoms with E-state index in [1.165, 1.54) is 32.1 Å². The van der Waals surface area contributed by atoms with E-state index in [1.807, 2.05) is 6.92 Å². The van der Waals surface area contributed by atoms with Crippen molar-refractivity contribution >= 4 is 0 Å². The number of aliphatic hydroxyl groups is 1. The zero-order valence-corrected chi connectivity index (χ0v) is 12.2. The summed E-state index contributed by atoms with van der Waals surface area (Å²) in [5, 5.41) is 11.0. The Morgan fingerprint density at radius 1 is 1.05 bits per heavy atom. The van der Waals surface area contributed by atoms with E-state index in [0.717, 1.165) is 39.1 Å². The maximum absolute atomic E-state index is 11.0. The van der Waals surface area contributed by atoms with E-state index in [1.54, 1.807) is 0 Å².